The molecule has 0 radical (unpaired) electrons. The standard InChI is InChI=1S/C22H24N4O2S/c1-16(17-5-3-2-4-6-17)26-13-22(11-19(26)27)12-25(8-9-28-14-22)21-20-18(7-10-29-20)23-15-24-21/h2-7,10,15-16H,8-9,11-14H2,1H3/t16-,22+/m1/s1. The summed E-state index contributed by atoms with van der Waals surface area (Å²) in [5, 5.41) is 2.05. The molecule has 1 spiro atoms. The number of hydrogen-bond acceptors (Lipinski definition) is 6. The van der Waals surface area contributed by atoms with Gasteiger partial charge in [-0.2, -0.15) is 0 Å². The molecule has 2 aliphatic heterocycles. The van der Waals surface area contributed by atoms with Gasteiger partial charge in [-0.25, -0.2) is 9.97 Å². The van der Waals surface area contributed by atoms with E-state index in [2.05, 4.69) is 39.3 Å². The molecule has 3 aromatic rings. The molecule has 29 heavy (non-hydrogen) atoms. The SMILES string of the molecule is C[C@H](c1ccccc1)N1C[C@]2(COCCN(c3ncnc4ccsc34)C2)CC1=O. The Bertz CT molecular complexity index is 1020. The van der Waals surface area contributed by atoms with E-state index in [0.717, 1.165) is 29.1 Å². The van der Waals surface area contributed by atoms with Crippen molar-refractivity contribution in [1.29, 1.82) is 0 Å². The molecule has 0 N–H and O–H groups in total. The normalized spacial score (nSPS) is 23.7. The van der Waals surface area contributed by atoms with Gasteiger partial charge in [-0.15, -0.1) is 11.3 Å². The molecule has 2 saturated heterocycles. The van der Waals surface area contributed by atoms with Crippen LogP contribution in [-0.2, 0) is 9.53 Å². The summed E-state index contributed by atoms with van der Waals surface area (Å²) in [7, 11) is 0. The molecule has 0 bridgehead atoms. The average Bonchev–Trinajstić information content (AvgIpc) is 3.28. The van der Waals surface area contributed by atoms with Gasteiger partial charge in [-0.1, -0.05) is 30.3 Å². The zero-order chi connectivity index (χ0) is 19.8. The molecule has 0 unspecified atom stereocenters. The Morgan fingerprint density at radius 2 is 2.03 bits per heavy atom. The Hall–Kier alpha value is -2.51. The second kappa shape index (κ2) is 7.39. The summed E-state index contributed by atoms with van der Waals surface area (Å²) in [6, 6.07) is 12.3. The lowest BCUT2D eigenvalue weighted by Gasteiger charge is -2.33. The molecule has 4 heterocycles. The lowest BCUT2D eigenvalue weighted by molar-refractivity contribution is -0.129. The van der Waals surface area contributed by atoms with Gasteiger partial charge in [-0.05, 0) is 23.9 Å². The molecule has 1 aromatic carbocycles. The van der Waals surface area contributed by atoms with Crippen molar-refractivity contribution in [1.82, 2.24) is 14.9 Å². The molecular weight excluding hydrogens is 384 g/mol. The first-order chi connectivity index (χ1) is 14.2. The van der Waals surface area contributed by atoms with Gasteiger partial charge in [0.1, 0.15) is 12.1 Å². The number of benzene rings is 1. The number of carbonyl (C=O) groups is 1. The number of hydrogen-bond donors (Lipinski definition) is 0. The number of fused-ring (bicyclic) bond motifs is 1. The molecule has 2 aromatic heterocycles. The molecule has 1 amide bonds. The van der Waals surface area contributed by atoms with Crippen molar-refractivity contribution in [3.8, 4) is 0 Å². The van der Waals surface area contributed by atoms with E-state index in [0.29, 0.717) is 26.2 Å². The van der Waals surface area contributed by atoms with Crippen molar-refractivity contribution in [3.05, 3.63) is 53.7 Å². The highest BCUT2D eigenvalue weighted by Gasteiger charge is 2.47. The van der Waals surface area contributed by atoms with Crippen molar-refractivity contribution in [2.24, 2.45) is 5.41 Å². The minimum atomic E-state index is -0.217. The van der Waals surface area contributed by atoms with Gasteiger partial charge in [0, 0.05) is 31.5 Å². The summed E-state index contributed by atoms with van der Waals surface area (Å²) >= 11 is 1.66. The molecule has 2 aliphatic rings. The largest absolute Gasteiger partial charge is 0.379 e. The molecule has 2 fully saturated rings. The Labute approximate surface area is 174 Å². The fourth-order valence-corrected chi connectivity index (χ4v) is 5.43. The predicted molar refractivity (Wildman–Crippen MR) is 114 cm³/mol. The summed E-state index contributed by atoms with van der Waals surface area (Å²) in [4.78, 5) is 26.3. The van der Waals surface area contributed by atoms with Gasteiger partial charge in [-0.3, -0.25) is 4.79 Å². The zero-order valence-electron chi connectivity index (χ0n) is 16.5. The Morgan fingerprint density at radius 3 is 2.90 bits per heavy atom. The van der Waals surface area contributed by atoms with Crippen LogP contribution in [0, 0.1) is 5.41 Å². The Balaban J connectivity index is 1.43. The third kappa shape index (κ3) is 3.38. The van der Waals surface area contributed by atoms with Crippen LogP contribution < -0.4 is 4.90 Å². The minimum absolute atomic E-state index is 0.0582. The third-order valence-electron chi connectivity index (χ3n) is 6.07. The van der Waals surface area contributed by atoms with E-state index in [1.807, 2.05) is 29.2 Å². The van der Waals surface area contributed by atoms with E-state index in [4.69, 9.17) is 4.74 Å². The van der Waals surface area contributed by atoms with Crippen LogP contribution in [0.5, 0.6) is 0 Å². The molecule has 6 nitrogen and oxygen atoms in total. The summed E-state index contributed by atoms with van der Waals surface area (Å²) in [6.45, 7) is 5.60. The van der Waals surface area contributed by atoms with Crippen molar-refractivity contribution in [2.75, 3.05) is 37.7 Å². The van der Waals surface area contributed by atoms with E-state index in [1.165, 1.54) is 5.56 Å². The second-order valence-corrected chi connectivity index (χ2v) is 9.01. The number of amides is 1. The average molecular weight is 409 g/mol. The molecule has 7 heteroatoms. The highest BCUT2D eigenvalue weighted by Crippen LogP contribution is 2.40. The molecule has 2 atom stereocenters. The van der Waals surface area contributed by atoms with Gasteiger partial charge in [0.15, 0.2) is 0 Å². The number of anilines is 1. The third-order valence-corrected chi connectivity index (χ3v) is 6.97. The quantitative estimate of drug-likeness (QED) is 0.664. The molecule has 0 saturated carbocycles. The van der Waals surface area contributed by atoms with E-state index >= 15 is 0 Å². The molecule has 0 aliphatic carbocycles. The van der Waals surface area contributed by atoms with E-state index < -0.39 is 0 Å². The first kappa shape index (κ1) is 18.5. The van der Waals surface area contributed by atoms with Crippen LogP contribution in [0.3, 0.4) is 0 Å². The Kier molecular flexibility index (Phi) is 4.72. The van der Waals surface area contributed by atoms with Gasteiger partial charge in [0.25, 0.3) is 0 Å². The van der Waals surface area contributed by atoms with Crippen molar-refractivity contribution < 1.29 is 9.53 Å². The van der Waals surface area contributed by atoms with Crippen LogP contribution in [0.25, 0.3) is 10.2 Å². The molecular formula is C22H24N4O2S. The molecule has 5 rings (SSSR count). The van der Waals surface area contributed by atoms with Gasteiger partial charge in [0.05, 0.1) is 29.5 Å². The van der Waals surface area contributed by atoms with Crippen molar-refractivity contribution >= 4 is 33.3 Å². The van der Waals surface area contributed by atoms with Crippen molar-refractivity contribution in [3.63, 3.8) is 0 Å². The zero-order valence-corrected chi connectivity index (χ0v) is 17.3. The lowest BCUT2D eigenvalue weighted by Crippen LogP contribution is -2.41. The maximum Gasteiger partial charge on any atom is 0.223 e. The van der Waals surface area contributed by atoms with Gasteiger partial charge >= 0.3 is 0 Å². The van der Waals surface area contributed by atoms with Crippen LogP contribution in [0.2, 0.25) is 0 Å². The van der Waals surface area contributed by atoms with E-state index in [9.17, 15) is 4.79 Å². The van der Waals surface area contributed by atoms with Crippen LogP contribution in [0.4, 0.5) is 5.82 Å². The van der Waals surface area contributed by atoms with E-state index in [1.54, 1.807) is 17.7 Å². The lowest BCUT2D eigenvalue weighted by atomic mass is 9.87. The number of ether oxygens (including phenoxy) is 1. The number of carbonyl (C=O) groups excluding carboxylic acids is 1. The summed E-state index contributed by atoms with van der Waals surface area (Å²) in [5.41, 5.74) is 1.92. The smallest absolute Gasteiger partial charge is 0.223 e. The second-order valence-electron chi connectivity index (χ2n) is 8.09. The monoisotopic (exact) mass is 408 g/mol. The van der Waals surface area contributed by atoms with Gasteiger partial charge < -0.3 is 14.5 Å². The first-order valence-electron chi connectivity index (χ1n) is 10.0. The summed E-state index contributed by atoms with van der Waals surface area (Å²) in [6.07, 6.45) is 2.14. The van der Waals surface area contributed by atoms with E-state index in [-0.39, 0.29) is 17.4 Å². The summed E-state index contributed by atoms with van der Waals surface area (Å²) < 4.78 is 7.10. The number of thiophene rings is 1. The van der Waals surface area contributed by atoms with Crippen LogP contribution >= 0.6 is 11.3 Å². The van der Waals surface area contributed by atoms with Crippen molar-refractivity contribution in [2.45, 2.75) is 19.4 Å². The minimum Gasteiger partial charge on any atom is -0.379 e. The topological polar surface area (TPSA) is 58.6 Å². The maximum absolute atomic E-state index is 13.0. The summed E-state index contributed by atoms with van der Waals surface area (Å²) in [5.74, 6) is 1.16. The maximum atomic E-state index is 13.0. The fraction of sp³-hybridized carbons (Fsp3) is 0.409. The highest BCUT2D eigenvalue weighted by atomic mass is 32.1. The number of likely N-dealkylation sites (tertiary alicyclic amines) is 1. The number of nitrogens with zero attached hydrogens (tertiary/aromatic N) is 4. The van der Waals surface area contributed by atoms with Gasteiger partial charge in [0.2, 0.25) is 5.91 Å². The van der Waals surface area contributed by atoms with Crippen LogP contribution in [0.1, 0.15) is 24.9 Å². The fourth-order valence-electron chi connectivity index (χ4n) is 4.57. The Morgan fingerprint density at radius 1 is 1.17 bits per heavy atom. The van der Waals surface area contributed by atoms with Crippen LogP contribution in [-0.4, -0.2) is 53.6 Å². The number of aromatic nitrogens is 2. The number of rotatable bonds is 3. The highest BCUT2D eigenvalue weighted by molar-refractivity contribution is 7.17. The molecule has 150 valence electrons. The first-order valence-corrected chi connectivity index (χ1v) is 10.9. The predicted octanol–water partition coefficient (Wildman–Crippen LogP) is 3.51. The van der Waals surface area contributed by atoms with Crippen LogP contribution in [0.15, 0.2) is 48.1 Å².